The molecule has 2 amide bonds. The first-order valence-electron chi connectivity index (χ1n) is 13.4. The van der Waals surface area contributed by atoms with E-state index in [2.05, 4.69) is 20.8 Å². The molecule has 0 bridgehead atoms. The molecule has 210 valence electrons. The largest absolute Gasteiger partial charge is 0.444 e. The third-order valence-electron chi connectivity index (χ3n) is 6.23. The van der Waals surface area contributed by atoms with Crippen molar-refractivity contribution in [2.24, 2.45) is 0 Å². The molecule has 0 saturated carbocycles. The molecule has 1 aromatic heterocycles. The average Bonchev–Trinajstić information content (AvgIpc) is 3.40. The Morgan fingerprint density at radius 2 is 1.82 bits per heavy atom. The zero-order chi connectivity index (χ0) is 28.5. The minimum atomic E-state index is -0.653. The summed E-state index contributed by atoms with van der Waals surface area (Å²) >= 11 is 6.60. The first-order chi connectivity index (χ1) is 19.2. The van der Waals surface area contributed by atoms with E-state index < -0.39 is 11.7 Å². The van der Waals surface area contributed by atoms with Crippen molar-refractivity contribution in [3.8, 4) is 11.1 Å². The first kappa shape index (κ1) is 29.0. The standard InChI is InChI=1S/C31H36ClN5O3/c1-31(2,3)40-30(39)37(21-22-13-14-24(26(32)19-22)23-9-5-4-6-10-23)18-15-29(38)34-17-8-16-33-27-11-7-12-28-25(27)20-35-36-28/h4-7,9-14,19-20,33H,8,15-18,21H2,1-3H3,(H,34,38)(H,35,36). The molecule has 1 heterocycles. The zero-order valence-corrected chi connectivity index (χ0v) is 23.9. The number of nitrogens with one attached hydrogen (secondary N) is 3. The van der Waals surface area contributed by atoms with Gasteiger partial charge in [0.25, 0.3) is 0 Å². The number of carbonyl (C=O) groups excluding carboxylic acids is 2. The summed E-state index contributed by atoms with van der Waals surface area (Å²) < 4.78 is 5.61. The van der Waals surface area contributed by atoms with Crippen molar-refractivity contribution < 1.29 is 14.3 Å². The number of aromatic nitrogens is 2. The number of anilines is 1. The number of fused-ring (bicyclic) bond motifs is 1. The van der Waals surface area contributed by atoms with Gasteiger partial charge >= 0.3 is 6.09 Å². The lowest BCUT2D eigenvalue weighted by Crippen LogP contribution is -2.39. The van der Waals surface area contributed by atoms with Crippen molar-refractivity contribution >= 4 is 40.2 Å². The first-order valence-corrected chi connectivity index (χ1v) is 13.8. The van der Waals surface area contributed by atoms with Gasteiger partial charge in [0, 0.05) is 54.3 Å². The van der Waals surface area contributed by atoms with Gasteiger partial charge in [0.15, 0.2) is 0 Å². The third-order valence-corrected chi connectivity index (χ3v) is 6.54. The van der Waals surface area contributed by atoms with Crippen LogP contribution in [0.15, 0.2) is 72.9 Å². The number of halogens is 1. The van der Waals surface area contributed by atoms with Gasteiger partial charge in [-0.25, -0.2) is 4.79 Å². The second-order valence-electron chi connectivity index (χ2n) is 10.6. The minimum absolute atomic E-state index is 0.122. The minimum Gasteiger partial charge on any atom is -0.444 e. The van der Waals surface area contributed by atoms with Crippen molar-refractivity contribution in [1.29, 1.82) is 0 Å². The van der Waals surface area contributed by atoms with Crippen LogP contribution in [0.5, 0.6) is 0 Å². The summed E-state index contributed by atoms with van der Waals surface area (Å²) in [5.41, 5.74) is 4.12. The maximum Gasteiger partial charge on any atom is 0.410 e. The van der Waals surface area contributed by atoms with Gasteiger partial charge in [-0.3, -0.25) is 9.89 Å². The summed E-state index contributed by atoms with van der Waals surface area (Å²) in [5.74, 6) is -0.122. The predicted octanol–water partition coefficient (Wildman–Crippen LogP) is 6.63. The molecule has 40 heavy (non-hydrogen) atoms. The Hall–Kier alpha value is -4.04. The Morgan fingerprint density at radius 1 is 1.02 bits per heavy atom. The van der Waals surface area contributed by atoms with Crippen molar-refractivity contribution in [1.82, 2.24) is 20.4 Å². The molecule has 0 aliphatic rings. The van der Waals surface area contributed by atoms with Gasteiger partial charge in [-0.1, -0.05) is 60.1 Å². The lowest BCUT2D eigenvalue weighted by molar-refractivity contribution is -0.121. The molecule has 4 rings (SSSR count). The molecule has 0 unspecified atom stereocenters. The van der Waals surface area contributed by atoms with Crippen LogP contribution in [0.4, 0.5) is 10.5 Å². The van der Waals surface area contributed by atoms with Crippen LogP contribution >= 0.6 is 11.6 Å². The fourth-order valence-corrected chi connectivity index (χ4v) is 4.59. The van der Waals surface area contributed by atoms with Crippen LogP contribution in [-0.4, -0.2) is 52.3 Å². The molecule has 9 heteroatoms. The van der Waals surface area contributed by atoms with Crippen molar-refractivity contribution in [3.05, 3.63) is 83.5 Å². The zero-order valence-electron chi connectivity index (χ0n) is 23.2. The number of carbonyl (C=O) groups is 2. The van der Waals surface area contributed by atoms with Crippen LogP contribution in [0.1, 0.15) is 39.2 Å². The number of H-pyrrole nitrogens is 1. The van der Waals surface area contributed by atoms with Gasteiger partial charge in [-0.15, -0.1) is 0 Å². The highest BCUT2D eigenvalue weighted by molar-refractivity contribution is 6.33. The maximum atomic E-state index is 13.0. The highest BCUT2D eigenvalue weighted by Gasteiger charge is 2.23. The second-order valence-corrected chi connectivity index (χ2v) is 11.0. The summed E-state index contributed by atoms with van der Waals surface area (Å²) in [4.78, 5) is 27.1. The van der Waals surface area contributed by atoms with Crippen LogP contribution in [0, 0.1) is 0 Å². The quantitative estimate of drug-likeness (QED) is 0.178. The number of benzene rings is 3. The molecule has 0 radical (unpaired) electrons. The van der Waals surface area contributed by atoms with E-state index in [-0.39, 0.29) is 25.4 Å². The Bertz CT molecular complexity index is 1430. The summed E-state index contributed by atoms with van der Waals surface area (Å²) in [6, 6.07) is 21.6. The molecule has 0 atom stereocenters. The average molecular weight is 562 g/mol. The van der Waals surface area contributed by atoms with Crippen LogP contribution < -0.4 is 10.6 Å². The highest BCUT2D eigenvalue weighted by Crippen LogP contribution is 2.29. The molecular weight excluding hydrogens is 526 g/mol. The third kappa shape index (κ3) is 8.23. The number of rotatable bonds is 11. The Morgan fingerprint density at radius 3 is 2.58 bits per heavy atom. The van der Waals surface area contributed by atoms with Gasteiger partial charge in [-0.2, -0.15) is 5.10 Å². The second kappa shape index (κ2) is 13.3. The molecule has 0 spiro atoms. The molecule has 0 saturated heterocycles. The van der Waals surface area contributed by atoms with Gasteiger partial charge in [0.2, 0.25) is 5.91 Å². The predicted molar refractivity (Wildman–Crippen MR) is 160 cm³/mol. The van der Waals surface area contributed by atoms with Crippen molar-refractivity contribution in [3.63, 3.8) is 0 Å². The number of hydrogen-bond acceptors (Lipinski definition) is 5. The SMILES string of the molecule is CC(C)(C)OC(=O)N(CCC(=O)NCCCNc1cccc2[nH]ncc12)Cc1ccc(-c2ccccc2)c(Cl)c1. The number of hydrogen-bond donors (Lipinski definition) is 3. The molecular formula is C31H36ClN5O3. The van der Waals surface area contributed by atoms with E-state index in [1.54, 1.807) is 11.1 Å². The lowest BCUT2D eigenvalue weighted by atomic mass is 10.0. The summed E-state index contributed by atoms with van der Waals surface area (Å²) in [5, 5.41) is 15.0. The van der Waals surface area contributed by atoms with Gasteiger partial charge in [0.1, 0.15) is 5.60 Å². The molecule has 3 aromatic carbocycles. The summed E-state index contributed by atoms with van der Waals surface area (Å²) in [6.07, 6.45) is 2.24. The van der Waals surface area contributed by atoms with E-state index in [1.807, 2.05) is 87.5 Å². The molecule has 3 N–H and O–H groups in total. The number of nitrogens with zero attached hydrogens (tertiary/aromatic N) is 2. The van der Waals surface area contributed by atoms with E-state index >= 15 is 0 Å². The molecule has 8 nitrogen and oxygen atoms in total. The van der Waals surface area contributed by atoms with Crippen molar-refractivity contribution in [2.45, 2.75) is 45.8 Å². The van der Waals surface area contributed by atoms with Crippen LogP contribution in [0.3, 0.4) is 0 Å². The van der Waals surface area contributed by atoms with E-state index in [0.29, 0.717) is 18.1 Å². The fraction of sp³-hybridized carbons (Fsp3) is 0.323. The van der Waals surface area contributed by atoms with Crippen LogP contribution in [0.2, 0.25) is 5.02 Å². The number of ether oxygens (including phenoxy) is 1. The Balaban J connectivity index is 1.29. The van der Waals surface area contributed by atoms with Gasteiger partial charge < -0.3 is 20.3 Å². The maximum absolute atomic E-state index is 13.0. The highest BCUT2D eigenvalue weighted by atomic mass is 35.5. The Labute approximate surface area is 240 Å². The summed E-state index contributed by atoms with van der Waals surface area (Å²) in [6.45, 7) is 7.19. The molecule has 0 fully saturated rings. The van der Waals surface area contributed by atoms with Crippen LogP contribution in [0.25, 0.3) is 22.0 Å². The lowest BCUT2D eigenvalue weighted by Gasteiger charge is -2.27. The number of amides is 2. The fourth-order valence-electron chi connectivity index (χ4n) is 4.28. The smallest absolute Gasteiger partial charge is 0.410 e. The Kier molecular flexibility index (Phi) is 9.66. The number of aromatic amines is 1. The van der Waals surface area contributed by atoms with E-state index in [4.69, 9.17) is 16.3 Å². The summed E-state index contributed by atoms with van der Waals surface area (Å²) in [7, 11) is 0. The normalized spacial score (nSPS) is 11.3. The van der Waals surface area contributed by atoms with E-state index in [1.165, 1.54) is 0 Å². The van der Waals surface area contributed by atoms with E-state index in [0.717, 1.165) is 39.7 Å². The molecule has 0 aliphatic heterocycles. The molecule has 0 aliphatic carbocycles. The van der Waals surface area contributed by atoms with Gasteiger partial charge in [0.05, 0.1) is 11.7 Å². The topological polar surface area (TPSA) is 99.4 Å². The van der Waals surface area contributed by atoms with Crippen LogP contribution in [-0.2, 0) is 16.1 Å². The van der Waals surface area contributed by atoms with Crippen molar-refractivity contribution in [2.75, 3.05) is 25.0 Å². The van der Waals surface area contributed by atoms with Gasteiger partial charge in [-0.05, 0) is 56.5 Å². The monoisotopic (exact) mass is 561 g/mol. The molecule has 4 aromatic rings. The van der Waals surface area contributed by atoms with E-state index in [9.17, 15) is 9.59 Å².